The number of carbonyl (C=O) groups excluding carboxylic acids is 1. The Morgan fingerprint density at radius 1 is 1.25 bits per heavy atom. The van der Waals surface area contributed by atoms with Gasteiger partial charge in [0, 0.05) is 30.1 Å². The Morgan fingerprint density at radius 2 is 2.10 bits per heavy atom. The summed E-state index contributed by atoms with van der Waals surface area (Å²) in [6.45, 7) is 1.44. The number of amides is 1. The number of nitrogen functional groups attached to an aromatic ring is 1. The highest BCUT2D eigenvalue weighted by Gasteiger charge is 2.22. The first kappa shape index (κ1) is 13.2. The maximum atomic E-state index is 12.2. The lowest BCUT2D eigenvalue weighted by Crippen LogP contribution is -2.25. The largest absolute Gasteiger partial charge is 0.399 e. The summed E-state index contributed by atoms with van der Waals surface area (Å²) in [5, 5.41) is 2.08. The van der Waals surface area contributed by atoms with Gasteiger partial charge < -0.3 is 10.6 Å². The molecule has 0 unspecified atom stereocenters. The van der Waals surface area contributed by atoms with E-state index in [0.29, 0.717) is 13.0 Å². The molecule has 0 atom stereocenters. The molecule has 0 aliphatic carbocycles. The summed E-state index contributed by atoms with van der Waals surface area (Å²) in [7, 11) is 0. The van der Waals surface area contributed by atoms with Crippen LogP contribution in [0, 0.1) is 0 Å². The van der Waals surface area contributed by atoms with Gasteiger partial charge in [-0.2, -0.15) is 0 Å². The second kappa shape index (κ2) is 5.67. The van der Waals surface area contributed by atoms with Crippen LogP contribution in [0.2, 0.25) is 0 Å². The summed E-state index contributed by atoms with van der Waals surface area (Å²) in [5.41, 5.74) is 8.98. The van der Waals surface area contributed by atoms with E-state index in [2.05, 4.69) is 17.5 Å². The summed E-state index contributed by atoms with van der Waals surface area (Å²) in [5.74, 6) is 0.247. The molecular weight excluding hydrogens is 268 g/mol. The van der Waals surface area contributed by atoms with Crippen LogP contribution in [-0.4, -0.2) is 10.8 Å². The van der Waals surface area contributed by atoms with Crippen LogP contribution in [0.25, 0.3) is 0 Å². The van der Waals surface area contributed by atoms with Crippen molar-refractivity contribution in [3.8, 4) is 0 Å². The van der Waals surface area contributed by atoms with Gasteiger partial charge in [-0.1, -0.05) is 12.1 Å². The minimum Gasteiger partial charge on any atom is -0.399 e. The smallest absolute Gasteiger partial charge is 0.223 e. The topological polar surface area (TPSA) is 46.3 Å². The number of carbonyl (C=O) groups is 1. The molecule has 0 spiro atoms. The van der Waals surface area contributed by atoms with Crippen LogP contribution < -0.4 is 5.73 Å². The lowest BCUT2D eigenvalue weighted by atomic mass is 10.1. The first-order chi connectivity index (χ1) is 9.72. The van der Waals surface area contributed by atoms with Crippen LogP contribution in [0.15, 0.2) is 35.7 Å². The van der Waals surface area contributed by atoms with Gasteiger partial charge in [0.15, 0.2) is 0 Å². The zero-order chi connectivity index (χ0) is 13.9. The molecule has 1 aliphatic heterocycles. The SMILES string of the molecule is Nc1ccc2c(c1)CN(C(=O)CCCc1cccs1)C2. The molecular formula is C16H18N2OS. The van der Waals surface area contributed by atoms with E-state index < -0.39 is 0 Å². The monoisotopic (exact) mass is 286 g/mol. The Balaban J connectivity index is 1.52. The maximum absolute atomic E-state index is 12.2. The minimum atomic E-state index is 0.247. The minimum absolute atomic E-state index is 0.247. The molecule has 0 bridgehead atoms. The molecule has 1 amide bonds. The summed E-state index contributed by atoms with van der Waals surface area (Å²) < 4.78 is 0. The Kier molecular flexibility index (Phi) is 3.74. The molecule has 20 heavy (non-hydrogen) atoms. The summed E-state index contributed by atoms with van der Waals surface area (Å²) in [6.07, 6.45) is 2.55. The predicted molar refractivity (Wildman–Crippen MR) is 82.4 cm³/mol. The van der Waals surface area contributed by atoms with E-state index in [4.69, 9.17) is 5.73 Å². The highest BCUT2D eigenvalue weighted by molar-refractivity contribution is 7.09. The van der Waals surface area contributed by atoms with Crippen molar-refractivity contribution in [1.82, 2.24) is 4.90 Å². The molecule has 104 valence electrons. The van der Waals surface area contributed by atoms with E-state index in [1.54, 1.807) is 11.3 Å². The molecule has 3 nitrogen and oxygen atoms in total. The van der Waals surface area contributed by atoms with Gasteiger partial charge in [-0.25, -0.2) is 0 Å². The van der Waals surface area contributed by atoms with Crippen LogP contribution >= 0.6 is 11.3 Å². The molecule has 0 saturated heterocycles. The lowest BCUT2D eigenvalue weighted by molar-refractivity contribution is -0.131. The predicted octanol–water partition coefficient (Wildman–Crippen LogP) is 3.20. The fourth-order valence-corrected chi connectivity index (χ4v) is 3.37. The van der Waals surface area contributed by atoms with Crippen LogP contribution in [0.1, 0.15) is 28.8 Å². The number of aryl methyl sites for hydroxylation is 1. The van der Waals surface area contributed by atoms with Crippen LogP contribution in [0.5, 0.6) is 0 Å². The van der Waals surface area contributed by atoms with Crippen molar-refractivity contribution in [3.63, 3.8) is 0 Å². The standard InChI is InChI=1S/C16H18N2OS/c17-14-7-6-12-10-18(11-13(12)9-14)16(19)5-1-3-15-4-2-8-20-15/h2,4,6-9H,1,3,5,10-11,17H2. The zero-order valence-electron chi connectivity index (χ0n) is 11.3. The average molecular weight is 286 g/mol. The fourth-order valence-electron chi connectivity index (χ4n) is 2.62. The van der Waals surface area contributed by atoms with E-state index in [0.717, 1.165) is 25.1 Å². The fraction of sp³-hybridized carbons (Fsp3) is 0.312. The molecule has 2 aromatic rings. The maximum Gasteiger partial charge on any atom is 0.223 e. The molecule has 4 heteroatoms. The third-order valence-electron chi connectivity index (χ3n) is 3.70. The second-order valence-corrected chi connectivity index (χ2v) is 6.24. The van der Waals surface area contributed by atoms with Crippen LogP contribution in [0.4, 0.5) is 5.69 Å². The van der Waals surface area contributed by atoms with Crippen molar-refractivity contribution < 1.29 is 4.79 Å². The van der Waals surface area contributed by atoms with Gasteiger partial charge >= 0.3 is 0 Å². The normalized spacial score (nSPS) is 13.5. The number of hydrogen-bond donors (Lipinski definition) is 1. The summed E-state index contributed by atoms with van der Waals surface area (Å²) in [6, 6.07) is 10.1. The summed E-state index contributed by atoms with van der Waals surface area (Å²) in [4.78, 5) is 15.5. The molecule has 0 radical (unpaired) electrons. The van der Waals surface area contributed by atoms with Crippen molar-refractivity contribution in [2.75, 3.05) is 5.73 Å². The Morgan fingerprint density at radius 3 is 2.90 bits per heavy atom. The number of anilines is 1. The van der Waals surface area contributed by atoms with Crippen LogP contribution in [-0.2, 0) is 24.3 Å². The van der Waals surface area contributed by atoms with E-state index in [9.17, 15) is 4.79 Å². The zero-order valence-corrected chi connectivity index (χ0v) is 12.2. The van der Waals surface area contributed by atoms with E-state index >= 15 is 0 Å². The Bertz CT molecular complexity index is 607. The molecule has 3 rings (SSSR count). The van der Waals surface area contributed by atoms with E-state index in [1.165, 1.54) is 16.0 Å². The third kappa shape index (κ3) is 2.85. The molecule has 1 aliphatic rings. The van der Waals surface area contributed by atoms with Crippen molar-refractivity contribution in [2.45, 2.75) is 32.4 Å². The lowest BCUT2D eigenvalue weighted by Gasteiger charge is -2.15. The Hall–Kier alpha value is -1.81. The number of rotatable bonds is 4. The van der Waals surface area contributed by atoms with Gasteiger partial charge in [0.05, 0.1) is 0 Å². The second-order valence-electron chi connectivity index (χ2n) is 5.21. The number of fused-ring (bicyclic) bond motifs is 1. The van der Waals surface area contributed by atoms with Crippen molar-refractivity contribution in [3.05, 3.63) is 51.7 Å². The van der Waals surface area contributed by atoms with Crippen molar-refractivity contribution in [1.29, 1.82) is 0 Å². The van der Waals surface area contributed by atoms with Gasteiger partial charge in [-0.15, -0.1) is 11.3 Å². The molecule has 0 fully saturated rings. The number of nitrogens with two attached hydrogens (primary N) is 1. The number of thiophene rings is 1. The average Bonchev–Trinajstić information content (AvgIpc) is 3.06. The van der Waals surface area contributed by atoms with Crippen molar-refractivity contribution >= 4 is 22.9 Å². The van der Waals surface area contributed by atoms with Gasteiger partial charge in [-0.05, 0) is 47.5 Å². The van der Waals surface area contributed by atoms with E-state index in [1.807, 2.05) is 23.1 Å². The van der Waals surface area contributed by atoms with Crippen LogP contribution in [0.3, 0.4) is 0 Å². The molecule has 1 aromatic carbocycles. The van der Waals surface area contributed by atoms with Gasteiger partial charge in [0.25, 0.3) is 0 Å². The third-order valence-corrected chi connectivity index (χ3v) is 4.64. The number of hydrogen-bond acceptors (Lipinski definition) is 3. The molecule has 0 saturated carbocycles. The Labute approximate surface area is 123 Å². The van der Waals surface area contributed by atoms with Gasteiger partial charge in [-0.3, -0.25) is 4.79 Å². The van der Waals surface area contributed by atoms with Gasteiger partial charge in [0.1, 0.15) is 0 Å². The molecule has 2 N–H and O–H groups in total. The number of benzene rings is 1. The summed E-state index contributed by atoms with van der Waals surface area (Å²) >= 11 is 1.76. The van der Waals surface area contributed by atoms with Gasteiger partial charge in [0.2, 0.25) is 5.91 Å². The first-order valence-electron chi connectivity index (χ1n) is 6.90. The number of nitrogens with zero attached hydrogens (tertiary/aromatic N) is 1. The first-order valence-corrected chi connectivity index (χ1v) is 7.78. The molecule has 1 aromatic heterocycles. The quantitative estimate of drug-likeness (QED) is 0.877. The van der Waals surface area contributed by atoms with E-state index in [-0.39, 0.29) is 5.91 Å². The highest BCUT2D eigenvalue weighted by Crippen LogP contribution is 2.25. The molecule has 2 heterocycles. The highest BCUT2D eigenvalue weighted by atomic mass is 32.1. The van der Waals surface area contributed by atoms with Crippen molar-refractivity contribution in [2.24, 2.45) is 0 Å².